The summed E-state index contributed by atoms with van der Waals surface area (Å²) in [5, 5.41) is 15.4. The maximum Gasteiger partial charge on any atom is 0.281 e. The summed E-state index contributed by atoms with van der Waals surface area (Å²) >= 11 is 2.92. The third kappa shape index (κ3) is 4.04. The van der Waals surface area contributed by atoms with Gasteiger partial charge in [0.25, 0.3) is 11.6 Å². The Hall–Kier alpha value is -2.71. The summed E-state index contributed by atoms with van der Waals surface area (Å²) in [5.41, 5.74) is 3.36. The first-order chi connectivity index (χ1) is 12.1. The minimum Gasteiger partial charge on any atom is -0.266 e. The number of rotatable bonds is 5. The highest BCUT2D eigenvalue weighted by Crippen LogP contribution is 2.28. The van der Waals surface area contributed by atoms with Crippen molar-refractivity contribution in [2.75, 3.05) is 6.26 Å². The van der Waals surface area contributed by atoms with Crippen molar-refractivity contribution < 1.29 is 9.72 Å². The second kappa shape index (κ2) is 7.45. The van der Waals surface area contributed by atoms with Gasteiger partial charge in [-0.2, -0.15) is 5.10 Å². The number of hydrogen-bond acceptors (Lipinski definition) is 6. The van der Waals surface area contributed by atoms with Crippen molar-refractivity contribution in [3.8, 4) is 0 Å². The molecule has 0 saturated heterocycles. The van der Waals surface area contributed by atoms with E-state index in [1.807, 2.05) is 30.5 Å². The van der Waals surface area contributed by atoms with Crippen LogP contribution >= 0.6 is 23.1 Å². The Balaban J connectivity index is 1.71. The molecule has 0 spiro atoms. The maximum atomic E-state index is 12.2. The number of thioether (sulfide) groups is 1. The zero-order valence-electron chi connectivity index (χ0n) is 13.1. The Morgan fingerprint density at radius 3 is 2.68 bits per heavy atom. The third-order valence-corrected chi connectivity index (χ3v) is 5.29. The molecule has 0 fully saturated rings. The highest BCUT2D eigenvalue weighted by molar-refractivity contribution is 7.98. The van der Waals surface area contributed by atoms with Gasteiger partial charge >= 0.3 is 0 Å². The smallest absolute Gasteiger partial charge is 0.266 e. The number of thiophene rings is 1. The average molecular weight is 371 g/mol. The quantitative estimate of drug-likeness (QED) is 0.314. The third-order valence-electron chi connectivity index (χ3n) is 3.43. The van der Waals surface area contributed by atoms with E-state index in [-0.39, 0.29) is 11.6 Å². The molecule has 1 heterocycles. The van der Waals surface area contributed by atoms with Gasteiger partial charge in [-0.25, -0.2) is 5.43 Å². The lowest BCUT2D eigenvalue weighted by atomic mass is 10.2. The molecule has 1 N–H and O–H groups in total. The van der Waals surface area contributed by atoms with E-state index < -0.39 is 4.92 Å². The number of nitro groups is 1. The lowest BCUT2D eigenvalue weighted by Gasteiger charge is -1.97. The van der Waals surface area contributed by atoms with Crippen molar-refractivity contribution in [1.29, 1.82) is 0 Å². The largest absolute Gasteiger partial charge is 0.281 e. The molecule has 0 aliphatic rings. The number of nitrogens with one attached hydrogen (secondary N) is 1. The SMILES string of the molecule is CSc1ccc(/C=N\NC(=O)c2cc3cc([N+](=O)[O-])ccc3s2)cc1. The lowest BCUT2D eigenvalue weighted by molar-refractivity contribution is -0.384. The van der Waals surface area contributed by atoms with Crippen LogP contribution in [0.15, 0.2) is 58.5 Å². The predicted octanol–water partition coefficient (Wildman–Crippen LogP) is 4.30. The summed E-state index contributed by atoms with van der Waals surface area (Å²) in [4.78, 5) is 24.1. The number of carbonyl (C=O) groups is 1. The van der Waals surface area contributed by atoms with Crippen LogP contribution in [0.4, 0.5) is 5.69 Å². The van der Waals surface area contributed by atoms with Gasteiger partial charge in [-0.3, -0.25) is 14.9 Å². The molecule has 8 heteroatoms. The molecule has 0 bridgehead atoms. The standard InChI is InChI=1S/C17H13N3O3S2/c1-24-14-5-2-11(3-6-14)10-18-19-17(21)16-9-12-8-13(20(22)23)4-7-15(12)25-16/h2-10H,1H3,(H,19,21)/b18-10-. The summed E-state index contributed by atoms with van der Waals surface area (Å²) < 4.78 is 0.812. The molecule has 0 radical (unpaired) electrons. The fraction of sp³-hybridized carbons (Fsp3) is 0.0588. The number of non-ortho nitro benzene ring substituents is 1. The van der Waals surface area contributed by atoms with Crippen molar-refractivity contribution >= 4 is 51.0 Å². The van der Waals surface area contributed by atoms with Gasteiger partial charge in [0.05, 0.1) is 16.0 Å². The van der Waals surface area contributed by atoms with E-state index in [2.05, 4.69) is 10.5 Å². The van der Waals surface area contributed by atoms with Crippen LogP contribution in [-0.4, -0.2) is 23.3 Å². The first-order valence-electron chi connectivity index (χ1n) is 7.22. The van der Waals surface area contributed by atoms with Gasteiger partial charge in [0.1, 0.15) is 0 Å². The fourth-order valence-electron chi connectivity index (χ4n) is 2.17. The molecule has 3 aromatic rings. The number of hydrazone groups is 1. The molecular weight excluding hydrogens is 358 g/mol. The van der Waals surface area contributed by atoms with Crippen LogP contribution in [0.25, 0.3) is 10.1 Å². The van der Waals surface area contributed by atoms with Gasteiger partial charge in [0.15, 0.2) is 0 Å². The summed E-state index contributed by atoms with van der Waals surface area (Å²) in [5.74, 6) is -0.346. The van der Waals surface area contributed by atoms with Crippen molar-refractivity contribution in [1.82, 2.24) is 5.43 Å². The van der Waals surface area contributed by atoms with Crippen LogP contribution < -0.4 is 5.43 Å². The molecule has 0 aliphatic carbocycles. The van der Waals surface area contributed by atoms with Gasteiger partial charge in [0.2, 0.25) is 0 Å². The molecule has 126 valence electrons. The topological polar surface area (TPSA) is 84.6 Å². The van der Waals surface area contributed by atoms with Crippen LogP contribution in [0.3, 0.4) is 0 Å². The minimum absolute atomic E-state index is 0.00367. The molecule has 1 aromatic heterocycles. The molecule has 1 amide bonds. The summed E-state index contributed by atoms with van der Waals surface area (Å²) in [6, 6.07) is 14.0. The Morgan fingerprint density at radius 2 is 2.00 bits per heavy atom. The van der Waals surface area contributed by atoms with Crippen LogP contribution in [0.1, 0.15) is 15.2 Å². The Labute approximate surface area is 151 Å². The zero-order chi connectivity index (χ0) is 17.8. The highest BCUT2D eigenvalue weighted by atomic mass is 32.2. The number of nitro benzene ring substituents is 1. The lowest BCUT2D eigenvalue weighted by Crippen LogP contribution is -2.16. The van der Waals surface area contributed by atoms with Gasteiger partial charge < -0.3 is 0 Å². The van der Waals surface area contributed by atoms with Crippen molar-refractivity contribution in [3.05, 3.63) is 69.1 Å². The summed E-state index contributed by atoms with van der Waals surface area (Å²) in [6.07, 6.45) is 3.57. The van der Waals surface area contributed by atoms with Crippen molar-refractivity contribution in [3.63, 3.8) is 0 Å². The van der Waals surface area contributed by atoms with E-state index >= 15 is 0 Å². The first kappa shape index (κ1) is 17.1. The highest BCUT2D eigenvalue weighted by Gasteiger charge is 2.12. The Morgan fingerprint density at radius 1 is 1.24 bits per heavy atom. The number of fused-ring (bicyclic) bond motifs is 1. The molecule has 0 saturated carbocycles. The summed E-state index contributed by atoms with van der Waals surface area (Å²) in [6.45, 7) is 0. The average Bonchev–Trinajstić information content (AvgIpc) is 3.05. The predicted molar refractivity (Wildman–Crippen MR) is 102 cm³/mol. The molecule has 0 aliphatic heterocycles. The van der Waals surface area contributed by atoms with Gasteiger partial charge in [0, 0.05) is 27.1 Å². The molecule has 25 heavy (non-hydrogen) atoms. The number of benzene rings is 2. The number of amides is 1. The van der Waals surface area contributed by atoms with Gasteiger partial charge in [-0.1, -0.05) is 12.1 Å². The monoisotopic (exact) mass is 371 g/mol. The van der Waals surface area contributed by atoms with E-state index in [1.54, 1.807) is 30.1 Å². The Bertz CT molecular complexity index is 965. The molecule has 0 atom stereocenters. The second-order valence-corrected chi connectivity index (χ2v) is 7.03. The van der Waals surface area contributed by atoms with Crippen LogP contribution in [-0.2, 0) is 0 Å². The van der Waals surface area contributed by atoms with E-state index in [0.29, 0.717) is 10.3 Å². The van der Waals surface area contributed by atoms with Crippen LogP contribution in [0.5, 0.6) is 0 Å². The Kier molecular flexibility index (Phi) is 5.11. The fourth-order valence-corrected chi connectivity index (χ4v) is 3.51. The number of carbonyl (C=O) groups excluding carboxylic acids is 1. The van der Waals surface area contributed by atoms with Gasteiger partial charge in [-0.05, 0) is 36.1 Å². The molecular formula is C17H13N3O3S2. The second-order valence-electron chi connectivity index (χ2n) is 5.06. The first-order valence-corrected chi connectivity index (χ1v) is 9.26. The van der Waals surface area contributed by atoms with E-state index in [4.69, 9.17) is 0 Å². The van der Waals surface area contributed by atoms with Gasteiger partial charge in [-0.15, -0.1) is 23.1 Å². The van der Waals surface area contributed by atoms with Crippen molar-refractivity contribution in [2.24, 2.45) is 5.10 Å². The normalized spacial score (nSPS) is 11.1. The number of nitrogens with zero attached hydrogens (tertiary/aromatic N) is 2. The zero-order valence-corrected chi connectivity index (χ0v) is 14.8. The number of hydrogen-bond donors (Lipinski definition) is 1. The molecule has 6 nitrogen and oxygen atoms in total. The van der Waals surface area contributed by atoms with Crippen LogP contribution in [0.2, 0.25) is 0 Å². The summed E-state index contributed by atoms with van der Waals surface area (Å²) in [7, 11) is 0. The van der Waals surface area contributed by atoms with E-state index in [9.17, 15) is 14.9 Å². The minimum atomic E-state index is -0.455. The maximum absolute atomic E-state index is 12.2. The molecule has 0 unspecified atom stereocenters. The van der Waals surface area contributed by atoms with E-state index in [1.165, 1.54) is 23.5 Å². The molecule has 2 aromatic carbocycles. The van der Waals surface area contributed by atoms with Crippen LogP contribution in [0, 0.1) is 10.1 Å². The molecule has 3 rings (SSSR count). The van der Waals surface area contributed by atoms with E-state index in [0.717, 1.165) is 15.2 Å². The van der Waals surface area contributed by atoms with Crippen molar-refractivity contribution in [2.45, 2.75) is 4.90 Å².